The zero-order valence-corrected chi connectivity index (χ0v) is 35.6. The number of pyridine rings is 1. The van der Waals surface area contributed by atoms with E-state index in [-0.39, 0.29) is 22.9 Å². The molecule has 308 valence electrons. The predicted octanol–water partition coefficient (Wildman–Crippen LogP) is 7.17. The summed E-state index contributed by atoms with van der Waals surface area (Å²) in [5.41, 5.74) is 3.60. The van der Waals surface area contributed by atoms with Gasteiger partial charge in [-0.05, 0) is 48.0 Å². The molecule has 5 aromatic rings. The SMILES string of the molecule is CCC[C@@H](CCO[Si](c1ccccc1)(c1ccccc1)C(C)(C)C)Nc1nc(NC(=O)OC)nc2c(C)nn(Cc3cnc(C4CCN(C(=O)O)CC4)cc3OC)c12. The number of carboxylic acid groups (broad SMARTS) is 1. The highest BCUT2D eigenvalue weighted by Crippen LogP contribution is 2.37. The van der Waals surface area contributed by atoms with Crippen LogP contribution in [0.15, 0.2) is 72.9 Å². The number of benzene rings is 2. The second-order valence-corrected chi connectivity index (χ2v) is 20.2. The van der Waals surface area contributed by atoms with E-state index in [2.05, 4.69) is 86.9 Å². The highest BCUT2D eigenvalue weighted by molar-refractivity contribution is 6.99. The summed E-state index contributed by atoms with van der Waals surface area (Å²) >= 11 is 0. The second kappa shape index (κ2) is 18.4. The van der Waals surface area contributed by atoms with Crippen molar-refractivity contribution in [2.24, 2.45) is 0 Å². The van der Waals surface area contributed by atoms with Crippen molar-refractivity contribution in [3.05, 3.63) is 89.9 Å². The van der Waals surface area contributed by atoms with E-state index >= 15 is 0 Å². The fourth-order valence-electron chi connectivity index (χ4n) is 8.13. The summed E-state index contributed by atoms with van der Waals surface area (Å²) in [6.07, 6.45) is 4.09. The van der Waals surface area contributed by atoms with E-state index in [1.165, 1.54) is 22.4 Å². The quantitative estimate of drug-likeness (QED) is 0.0919. The molecule has 2 amide bonds. The maximum absolute atomic E-state index is 12.4. The summed E-state index contributed by atoms with van der Waals surface area (Å²) in [4.78, 5) is 39.6. The molecular weight excluding hydrogens is 753 g/mol. The van der Waals surface area contributed by atoms with E-state index in [0.29, 0.717) is 73.8 Å². The van der Waals surface area contributed by atoms with E-state index in [4.69, 9.17) is 34.0 Å². The van der Waals surface area contributed by atoms with Gasteiger partial charge in [0, 0.05) is 55.2 Å². The molecule has 6 rings (SSSR count). The van der Waals surface area contributed by atoms with Crippen LogP contribution in [0.1, 0.15) is 82.7 Å². The van der Waals surface area contributed by atoms with Gasteiger partial charge in [0.15, 0.2) is 5.82 Å². The van der Waals surface area contributed by atoms with Crippen LogP contribution in [-0.2, 0) is 15.7 Å². The number of hydrogen-bond donors (Lipinski definition) is 3. The van der Waals surface area contributed by atoms with Crippen molar-refractivity contribution in [2.75, 3.05) is 44.5 Å². The first-order chi connectivity index (χ1) is 27.9. The van der Waals surface area contributed by atoms with Gasteiger partial charge in [0.1, 0.15) is 16.8 Å². The number of aryl methyl sites for hydroxylation is 1. The molecule has 2 aromatic carbocycles. The van der Waals surface area contributed by atoms with Crippen LogP contribution in [0.2, 0.25) is 5.04 Å². The molecule has 0 spiro atoms. The third-order valence-electron chi connectivity index (χ3n) is 11.0. The summed E-state index contributed by atoms with van der Waals surface area (Å²) in [6, 6.07) is 23.2. The number of methoxy groups -OCH3 is 2. The lowest BCUT2D eigenvalue weighted by molar-refractivity contribution is 0.131. The number of fused-ring (bicyclic) bond motifs is 1. The molecule has 3 aromatic heterocycles. The van der Waals surface area contributed by atoms with E-state index in [0.717, 1.165) is 24.1 Å². The number of carbonyl (C=O) groups excluding carboxylic acids is 1. The molecule has 1 atom stereocenters. The lowest BCUT2D eigenvalue weighted by atomic mass is 9.93. The van der Waals surface area contributed by atoms with Crippen molar-refractivity contribution in [3.8, 4) is 5.75 Å². The van der Waals surface area contributed by atoms with Gasteiger partial charge >= 0.3 is 12.2 Å². The van der Waals surface area contributed by atoms with E-state index < -0.39 is 20.5 Å². The molecule has 1 aliphatic heterocycles. The topological polar surface area (TPSA) is 166 Å². The Labute approximate surface area is 341 Å². The fraction of sp³-hybridized carbons (Fsp3) is 0.442. The van der Waals surface area contributed by atoms with Crippen LogP contribution >= 0.6 is 0 Å². The Balaban J connectivity index is 1.32. The minimum atomic E-state index is -2.76. The number of carbonyl (C=O) groups is 2. The fourth-order valence-corrected chi connectivity index (χ4v) is 12.7. The third kappa shape index (κ3) is 9.10. The molecule has 15 heteroatoms. The molecule has 0 aliphatic carbocycles. The van der Waals surface area contributed by atoms with Gasteiger partial charge in [-0.2, -0.15) is 10.1 Å². The third-order valence-corrected chi connectivity index (χ3v) is 16.1. The van der Waals surface area contributed by atoms with Crippen LogP contribution in [0, 0.1) is 6.92 Å². The van der Waals surface area contributed by atoms with Crippen LogP contribution in [0.3, 0.4) is 0 Å². The number of likely N-dealkylation sites (tertiary alicyclic amines) is 1. The first kappa shape index (κ1) is 42.1. The van der Waals surface area contributed by atoms with Crippen molar-refractivity contribution in [1.82, 2.24) is 29.6 Å². The zero-order chi connectivity index (χ0) is 41.5. The lowest BCUT2D eigenvalue weighted by Crippen LogP contribution is -2.66. The summed E-state index contributed by atoms with van der Waals surface area (Å²) in [6.45, 7) is 12.6. The maximum atomic E-state index is 12.4. The minimum absolute atomic E-state index is 0.0426. The van der Waals surface area contributed by atoms with E-state index in [9.17, 15) is 14.7 Å². The number of amides is 2. The number of nitrogens with one attached hydrogen (secondary N) is 2. The zero-order valence-electron chi connectivity index (χ0n) is 34.6. The normalized spacial score (nSPS) is 14.3. The van der Waals surface area contributed by atoms with E-state index in [1.54, 1.807) is 7.11 Å². The number of piperidine rings is 1. The first-order valence-corrected chi connectivity index (χ1v) is 21.9. The number of hydrogen-bond acceptors (Lipinski definition) is 10. The number of nitrogens with zero attached hydrogens (tertiary/aromatic N) is 6. The molecule has 58 heavy (non-hydrogen) atoms. The van der Waals surface area contributed by atoms with Gasteiger partial charge in [-0.25, -0.2) is 14.6 Å². The van der Waals surface area contributed by atoms with Crippen molar-refractivity contribution < 1.29 is 28.6 Å². The van der Waals surface area contributed by atoms with Crippen molar-refractivity contribution in [3.63, 3.8) is 0 Å². The second-order valence-electron chi connectivity index (χ2n) is 15.8. The maximum Gasteiger partial charge on any atom is 0.413 e. The van der Waals surface area contributed by atoms with Crippen LogP contribution in [-0.4, -0.2) is 95.2 Å². The Hall–Kier alpha value is -5.54. The average molecular weight is 809 g/mol. The van der Waals surface area contributed by atoms with Crippen molar-refractivity contribution >= 4 is 53.7 Å². The molecule has 0 saturated carbocycles. The molecule has 1 fully saturated rings. The average Bonchev–Trinajstić information content (AvgIpc) is 3.53. The van der Waals surface area contributed by atoms with Crippen LogP contribution in [0.5, 0.6) is 5.75 Å². The standard InChI is InChI=1S/C43H56N8O6Si/c1-8-15-32(22-25-57-58(43(3,4)5,33-16-11-9-12-17-33)34-18-13-10-14-19-34)45-39-38-37(46-40(47-39)48-41(52)56-7)29(2)49-51(38)28-31-27-44-35(26-36(31)55-6)30-20-23-50(24-21-30)42(53)54/h9-14,16-19,26-27,30,32H,8,15,20-25,28H2,1-7H3,(H,53,54)(H2,45,46,47,48,52)/t32-/m0/s1. The summed E-state index contributed by atoms with van der Waals surface area (Å²) in [5.74, 6) is 1.42. The molecule has 0 unspecified atom stereocenters. The molecule has 1 aliphatic rings. The number of ether oxygens (including phenoxy) is 2. The van der Waals surface area contributed by atoms with Crippen LogP contribution < -0.4 is 25.7 Å². The Kier molecular flexibility index (Phi) is 13.3. The van der Waals surface area contributed by atoms with Gasteiger partial charge in [0.2, 0.25) is 5.95 Å². The van der Waals surface area contributed by atoms with Crippen molar-refractivity contribution in [2.45, 2.75) is 90.3 Å². The highest BCUT2D eigenvalue weighted by Gasteiger charge is 2.50. The van der Waals surface area contributed by atoms with Gasteiger partial charge in [0.25, 0.3) is 8.32 Å². The Bertz CT molecular complexity index is 2130. The predicted molar refractivity (Wildman–Crippen MR) is 228 cm³/mol. The summed E-state index contributed by atoms with van der Waals surface area (Å²) in [5, 5.41) is 23.0. The molecule has 14 nitrogen and oxygen atoms in total. The number of aromatic nitrogens is 5. The Morgan fingerprint density at radius 1 is 0.983 bits per heavy atom. The van der Waals surface area contributed by atoms with Gasteiger partial charge in [0.05, 0.1) is 26.5 Å². The van der Waals surface area contributed by atoms with Gasteiger partial charge < -0.3 is 29.2 Å². The molecule has 4 heterocycles. The summed E-state index contributed by atoms with van der Waals surface area (Å²) < 4.78 is 19.9. The van der Waals surface area contributed by atoms with Gasteiger partial charge in [-0.1, -0.05) is 94.8 Å². The lowest BCUT2D eigenvalue weighted by Gasteiger charge is -2.43. The van der Waals surface area contributed by atoms with Crippen molar-refractivity contribution in [1.29, 1.82) is 0 Å². The van der Waals surface area contributed by atoms with Crippen LogP contribution in [0.25, 0.3) is 11.0 Å². The Morgan fingerprint density at radius 3 is 2.21 bits per heavy atom. The van der Waals surface area contributed by atoms with E-state index in [1.807, 2.05) is 36.0 Å². The Morgan fingerprint density at radius 2 is 1.64 bits per heavy atom. The van der Waals surface area contributed by atoms with Crippen LogP contribution in [0.4, 0.5) is 21.4 Å². The molecule has 3 N–H and O–H groups in total. The smallest absolute Gasteiger partial charge is 0.413 e. The number of rotatable bonds is 15. The molecule has 1 saturated heterocycles. The largest absolute Gasteiger partial charge is 0.496 e. The molecular formula is C43H56N8O6Si. The van der Waals surface area contributed by atoms with Gasteiger partial charge in [-0.3, -0.25) is 15.0 Å². The van der Waals surface area contributed by atoms with Gasteiger partial charge in [-0.15, -0.1) is 0 Å². The molecule has 0 bridgehead atoms. The first-order valence-electron chi connectivity index (χ1n) is 20.0. The summed E-state index contributed by atoms with van der Waals surface area (Å²) in [7, 11) is 0.169. The highest BCUT2D eigenvalue weighted by atomic mass is 28.4. The monoisotopic (exact) mass is 808 g/mol. The minimum Gasteiger partial charge on any atom is -0.496 e. The number of anilines is 2. The molecule has 0 radical (unpaired) electrons.